The van der Waals surface area contributed by atoms with Crippen molar-refractivity contribution >= 4 is 40.4 Å². The van der Waals surface area contributed by atoms with Gasteiger partial charge in [0.1, 0.15) is 5.03 Å². The van der Waals surface area contributed by atoms with Crippen molar-refractivity contribution in [2.45, 2.75) is 24.8 Å². The van der Waals surface area contributed by atoms with Gasteiger partial charge in [-0.1, -0.05) is 17.8 Å². The number of carbonyl (C=O) groups excluding carboxylic acids is 2. The molecule has 1 saturated heterocycles. The molecule has 1 atom stereocenters. The zero-order valence-electron chi connectivity index (χ0n) is 14.9. The molecule has 4 rings (SSSR count). The molecule has 0 bridgehead atoms. The first kappa shape index (κ1) is 18.1. The Labute approximate surface area is 164 Å². The van der Waals surface area contributed by atoms with Crippen molar-refractivity contribution in [3.63, 3.8) is 0 Å². The summed E-state index contributed by atoms with van der Waals surface area (Å²) < 4.78 is 1.67. The minimum absolute atomic E-state index is 0.0473. The molecule has 3 aromatic rings. The van der Waals surface area contributed by atoms with Crippen LogP contribution in [0.15, 0.2) is 34.7 Å². The van der Waals surface area contributed by atoms with Gasteiger partial charge in [0, 0.05) is 19.0 Å². The molecule has 4 heterocycles. The quantitative estimate of drug-likeness (QED) is 0.483. The molecule has 0 N–H and O–H groups in total. The number of Topliss-reactive ketones (excluding diaryl/α,β-unsaturated/α-hetero) is 1. The van der Waals surface area contributed by atoms with Crippen LogP contribution in [-0.4, -0.2) is 55.2 Å². The second kappa shape index (κ2) is 7.77. The molecule has 0 spiro atoms. The highest BCUT2D eigenvalue weighted by atomic mass is 32.2. The van der Waals surface area contributed by atoms with Crippen LogP contribution >= 0.6 is 23.1 Å². The molecule has 3 aromatic heterocycles. The van der Waals surface area contributed by atoms with Crippen molar-refractivity contribution in [2.75, 3.05) is 18.8 Å². The molecule has 0 unspecified atom stereocenters. The number of likely N-dealkylation sites (tertiary alicyclic amines) is 1. The van der Waals surface area contributed by atoms with Gasteiger partial charge >= 0.3 is 0 Å². The molecule has 1 fully saturated rings. The smallest absolute Gasteiger partial charge is 0.233 e. The Morgan fingerprint density at radius 1 is 1.30 bits per heavy atom. The van der Waals surface area contributed by atoms with Crippen molar-refractivity contribution in [3.05, 3.63) is 40.3 Å². The first-order valence-corrected chi connectivity index (χ1v) is 10.7. The Morgan fingerprint density at radius 2 is 2.19 bits per heavy atom. The normalized spacial score (nSPS) is 17.4. The van der Waals surface area contributed by atoms with Crippen LogP contribution in [-0.2, 0) is 4.79 Å². The average molecular weight is 402 g/mol. The van der Waals surface area contributed by atoms with Crippen LogP contribution in [0.3, 0.4) is 0 Å². The third-order valence-electron chi connectivity index (χ3n) is 4.65. The lowest BCUT2D eigenvalue weighted by molar-refractivity contribution is -0.129. The average Bonchev–Trinajstić information content (AvgIpc) is 3.36. The van der Waals surface area contributed by atoms with Crippen LogP contribution in [0.2, 0.25) is 0 Å². The van der Waals surface area contributed by atoms with Gasteiger partial charge in [-0.3, -0.25) is 9.59 Å². The Kier molecular flexibility index (Phi) is 5.22. The van der Waals surface area contributed by atoms with E-state index in [9.17, 15) is 9.59 Å². The minimum Gasteiger partial charge on any atom is -0.341 e. The number of nitrogens with zero attached hydrogens (tertiary/aromatic N) is 5. The Balaban J connectivity index is 1.37. The lowest BCUT2D eigenvalue weighted by Gasteiger charge is -2.31. The predicted molar refractivity (Wildman–Crippen MR) is 104 cm³/mol. The van der Waals surface area contributed by atoms with Crippen LogP contribution in [0.4, 0.5) is 0 Å². The van der Waals surface area contributed by atoms with E-state index in [0.717, 1.165) is 22.7 Å². The van der Waals surface area contributed by atoms with E-state index in [1.165, 1.54) is 23.1 Å². The minimum atomic E-state index is -0.0968. The van der Waals surface area contributed by atoms with Crippen LogP contribution in [0.25, 0.3) is 5.65 Å². The number of fused-ring (bicyclic) bond motifs is 1. The third-order valence-corrected chi connectivity index (χ3v) is 6.44. The Morgan fingerprint density at radius 3 is 3.00 bits per heavy atom. The van der Waals surface area contributed by atoms with Gasteiger partial charge in [0.15, 0.2) is 17.3 Å². The highest BCUT2D eigenvalue weighted by Gasteiger charge is 2.29. The summed E-state index contributed by atoms with van der Waals surface area (Å²) in [7, 11) is 0. The van der Waals surface area contributed by atoms with E-state index in [1.807, 2.05) is 41.5 Å². The maximum absolute atomic E-state index is 12.6. The molecule has 140 valence electrons. The standard InChI is InChI=1S/C18H19N5O2S2/c1-12-19-20-15-6-7-16(21-23(12)15)27-11-17(24)22-8-2-4-13(10-22)18(25)14-5-3-9-26-14/h3,5-7,9,13H,2,4,8,10-11H2,1H3/t13-/m1/s1. The van der Waals surface area contributed by atoms with E-state index in [0.29, 0.717) is 30.3 Å². The summed E-state index contributed by atoms with van der Waals surface area (Å²) in [5, 5.41) is 15.1. The number of ketones is 1. The summed E-state index contributed by atoms with van der Waals surface area (Å²) in [5.74, 6) is 1.13. The van der Waals surface area contributed by atoms with Gasteiger partial charge in [-0.15, -0.1) is 21.5 Å². The van der Waals surface area contributed by atoms with Crippen LogP contribution in [0.5, 0.6) is 0 Å². The lowest BCUT2D eigenvalue weighted by Crippen LogP contribution is -2.43. The molecular formula is C18H19N5O2S2. The molecule has 0 aliphatic carbocycles. The van der Waals surface area contributed by atoms with Gasteiger partial charge in [0.25, 0.3) is 0 Å². The summed E-state index contributed by atoms with van der Waals surface area (Å²) >= 11 is 2.86. The fourth-order valence-corrected chi connectivity index (χ4v) is 4.72. The second-order valence-electron chi connectivity index (χ2n) is 6.50. The second-order valence-corrected chi connectivity index (χ2v) is 8.44. The monoisotopic (exact) mass is 401 g/mol. The van der Waals surface area contributed by atoms with E-state index in [-0.39, 0.29) is 17.6 Å². The van der Waals surface area contributed by atoms with E-state index < -0.39 is 0 Å². The van der Waals surface area contributed by atoms with E-state index in [1.54, 1.807) is 4.52 Å². The highest BCUT2D eigenvalue weighted by Crippen LogP contribution is 2.24. The summed E-state index contributed by atoms with van der Waals surface area (Å²) in [6.07, 6.45) is 1.71. The van der Waals surface area contributed by atoms with Crippen LogP contribution in [0, 0.1) is 12.8 Å². The fraction of sp³-hybridized carbons (Fsp3) is 0.389. The number of rotatable bonds is 5. The molecule has 1 aliphatic rings. The fourth-order valence-electron chi connectivity index (χ4n) is 3.22. The van der Waals surface area contributed by atoms with Gasteiger partial charge in [0.2, 0.25) is 5.91 Å². The van der Waals surface area contributed by atoms with Crippen LogP contribution < -0.4 is 0 Å². The van der Waals surface area contributed by atoms with E-state index >= 15 is 0 Å². The number of thioether (sulfide) groups is 1. The Bertz CT molecular complexity index is 969. The van der Waals surface area contributed by atoms with E-state index in [2.05, 4.69) is 15.3 Å². The molecular weight excluding hydrogens is 382 g/mol. The SMILES string of the molecule is Cc1nnc2ccc(SCC(=O)N3CCC[C@@H](C(=O)c4cccs4)C3)nn12. The van der Waals surface area contributed by atoms with Gasteiger partial charge in [-0.25, -0.2) is 0 Å². The number of hydrogen-bond acceptors (Lipinski definition) is 7. The molecule has 0 saturated carbocycles. The summed E-state index contributed by atoms with van der Waals surface area (Å²) in [6.45, 7) is 3.06. The number of piperidine rings is 1. The van der Waals surface area contributed by atoms with Crippen molar-refractivity contribution in [3.8, 4) is 0 Å². The molecule has 7 nitrogen and oxygen atoms in total. The maximum atomic E-state index is 12.6. The topological polar surface area (TPSA) is 80.5 Å². The molecule has 1 aliphatic heterocycles. The summed E-state index contributed by atoms with van der Waals surface area (Å²) in [4.78, 5) is 27.8. The van der Waals surface area contributed by atoms with Crippen molar-refractivity contribution < 1.29 is 9.59 Å². The van der Waals surface area contributed by atoms with Crippen molar-refractivity contribution in [2.24, 2.45) is 5.92 Å². The first-order chi connectivity index (χ1) is 13.1. The third kappa shape index (κ3) is 3.89. The number of carbonyl (C=O) groups is 2. The molecule has 0 aromatic carbocycles. The number of aryl methyl sites for hydroxylation is 1. The van der Waals surface area contributed by atoms with Gasteiger partial charge < -0.3 is 4.90 Å². The number of hydrogen-bond donors (Lipinski definition) is 0. The Hall–Kier alpha value is -2.26. The largest absolute Gasteiger partial charge is 0.341 e. The molecule has 9 heteroatoms. The molecule has 1 amide bonds. The predicted octanol–water partition coefficient (Wildman–Crippen LogP) is 2.71. The zero-order chi connectivity index (χ0) is 18.8. The van der Waals surface area contributed by atoms with Gasteiger partial charge in [-0.2, -0.15) is 9.61 Å². The van der Waals surface area contributed by atoms with Gasteiger partial charge in [-0.05, 0) is 43.3 Å². The van der Waals surface area contributed by atoms with E-state index in [4.69, 9.17) is 0 Å². The summed E-state index contributed by atoms with van der Waals surface area (Å²) in [5.41, 5.74) is 0.689. The first-order valence-electron chi connectivity index (χ1n) is 8.79. The lowest BCUT2D eigenvalue weighted by atomic mass is 9.93. The number of aromatic nitrogens is 4. The maximum Gasteiger partial charge on any atom is 0.233 e. The number of thiophene rings is 1. The van der Waals surface area contributed by atoms with Crippen molar-refractivity contribution in [1.82, 2.24) is 24.7 Å². The van der Waals surface area contributed by atoms with Gasteiger partial charge in [0.05, 0.1) is 10.6 Å². The van der Waals surface area contributed by atoms with Crippen molar-refractivity contribution in [1.29, 1.82) is 0 Å². The van der Waals surface area contributed by atoms with Crippen LogP contribution in [0.1, 0.15) is 28.3 Å². The number of amides is 1. The summed E-state index contributed by atoms with van der Waals surface area (Å²) in [6, 6.07) is 7.44. The zero-order valence-corrected chi connectivity index (χ0v) is 16.5. The molecule has 27 heavy (non-hydrogen) atoms. The molecule has 0 radical (unpaired) electrons. The highest BCUT2D eigenvalue weighted by molar-refractivity contribution is 7.99.